The first-order valence-electron chi connectivity index (χ1n) is 5.65. The molecular formula is C11H19N5. The molecule has 1 aromatic heterocycles. The monoisotopic (exact) mass is 221 g/mol. The zero-order valence-corrected chi connectivity index (χ0v) is 9.93. The van der Waals surface area contributed by atoms with Crippen LogP contribution in [-0.4, -0.2) is 48.1 Å². The fraction of sp³-hybridized carbons (Fsp3) is 0.636. The normalized spacial score (nSPS) is 18.6. The lowest BCUT2D eigenvalue weighted by molar-refractivity contribution is 0.252. The van der Waals surface area contributed by atoms with Crippen molar-refractivity contribution < 1.29 is 0 Å². The fourth-order valence-electron chi connectivity index (χ4n) is 2.18. The largest absolute Gasteiger partial charge is 0.394 e. The second kappa shape index (κ2) is 4.65. The maximum Gasteiger partial charge on any atom is 0.155 e. The molecule has 0 atom stereocenters. The molecule has 0 radical (unpaired) electrons. The highest BCUT2D eigenvalue weighted by Gasteiger charge is 2.22. The summed E-state index contributed by atoms with van der Waals surface area (Å²) in [6.45, 7) is 2.28. The summed E-state index contributed by atoms with van der Waals surface area (Å²) in [6.07, 6.45) is 5.54. The van der Waals surface area contributed by atoms with Crippen LogP contribution in [0.2, 0.25) is 0 Å². The van der Waals surface area contributed by atoms with Gasteiger partial charge in [0.1, 0.15) is 6.33 Å². The van der Waals surface area contributed by atoms with Gasteiger partial charge >= 0.3 is 0 Å². The van der Waals surface area contributed by atoms with Crippen molar-refractivity contribution in [1.29, 1.82) is 0 Å². The zero-order valence-electron chi connectivity index (χ0n) is 9.93. The van der Waals surface area contributed by atoms with Crippen molar-refractivity contribution in [2.45, 2.75) is 18.9 Å². The van der Waals surface area contributed by atoms with Gasteiger partial charge in [-0.25, -0.2) is 9.97 Å². The van der Waals surface area contributed by atoms with Crippen molar-refractivity contribution in [3.05, 3.63) is 12.5 Å². The first kappa shape index (κ1) is 11.1. The Balaban J connectivity index is 2.07. The molecule has 0 aliphatic carbocycles. The van der Waals surface area contributed by atoms with E-state index in [4.69, 9.17) is 5.73 Å². The minimum absolute atomic E-state index is 0.536. The van der Waals surface area contributed by atoms with Crippen LogP contribution in [0, 0.1) is 0 Å². The second-order valence-corrected chi connectivity index (χ2v) is 4.45. The van der Waals surface area contributed by atoms with Crippen LogP contribution in [0.25, 0.3) is 0 Å². The molecule has 0 saturated carbocycles. The Kier molecular flexibility index (Phi) is 3.24. The Bertz CT molecular complexity index is 346. The predicted molar refractivity (Wildman–Crippen MR) is 65.4 cm³/mol. The van der Waals surface area contributed by atoms with Gasteiger partial charge < -0.3 is 15.5 Å². The summed E-state index contributed by atoms with van der Waals surface area (Å²) >= 11 is 0. The van der Waals surface area contributed by atoms with E-state index in [1.807, 2.05) is 0 Å². The maximum atomic E-state index is 5.88. The highest BCUT2D eigenvalue weighted by Crippen LogP contribution is 2.23. The quantitative estimate of drug-likeness (QED) is 0.792. The van der Waals surface area contributed by atoms with Crippen molar-refractivity contribution >= 4 is 11.5 Å². The molecule has 0 amide bonds. The number of hydrogen-bond acceptors (Lipinski definition) is 5. The van der Waals surface area contributed by atoms with E-state index in [0.717, 1.165) is 31.7 Å². The molecule has 1 fully saturated rings. The lowest BCUT2D eigenvalue weighted by atomic mass is 10.0. The fourth-order valence-corrected chi connectivity index (χ4v) is 2.18. The smallest absolute Gasteiger partial charge is 0.155 e. The van der Waals surface area contributed by atoms with Gasteiger partial charge in [-0.05, 0) is 33.0 Å². The Morgan fingerprint density at radius 2 is 2.12 bits per heavy atom. The number of rotatable bonds is 2. The average molecular weight is 221 g/mol. The van der Waals surface area contributed by atoms with Crippen LogP contribution < -0.4 is 10.6 Å². The van der Waals surface area contributed by atoms with Crippen molar-refractivity contribution in [1.82, 2.24) is 14.9 Å². The molecule has 1 saturated heterocycles. The molecule has 0 spiro atoms. The van der Waals surface area contributed by atoms with Gasteiger partial charge in [-0.15, -0.1) is 0 Å². The first-order valence-corrected chi connectivity index (χ1v) is 5.65. The number of hydrogen-bond donors (Lipinski definition) is 1. The Hall–Kier alpha value is -1.36. The summed E-state index contributed by atoms with van der Waals surface area (Å²) in [5, 5.41) is 0. The Morgan fingerprint density at radius 3 is 2.75 bits per heavy atom. The van der Waals surface area contributed by atoms with E-state index in [-0.39, 0.29) is 0 Å². The van der Waals surface area contributed by atoms with E-state index in [1.165, 1.54) is 0 Å². The van der Waals surface area contributed by atoms with Crippen LogP contribution in [0.4, 0.5) is 11.5 Å². The average Bonchev–Trinajstić information content (AvgIpc) is 2.30. The molecule has 5 heteroatoms. The summed E-state index contributed by atoms with van der Waals surface area (Å²) in [6, 6.07) is 0.536. The predicted octanol–water partition coefficient (Wildman–Crippen LogP) is 0.589. The van der Waals surface area contributed by atoms with Gasteiger partial charge in [-0.2, -0.15) is 0 Å². The van der Waals surface area contributed by atoms with Gasteiger partial charge in [-0.3, -0.25) is 0 Å². The van der Waals surface area contributed by atoms with Crippen molar-refractivity contribution in [3.8, 4) is 0 Å². The molecule has 1 aliphatic heterocycles. The first-order chi connectivity index (χ1) is 7.68. The maximum absolute atomic E-state index is 5.88. The van der Waals surface area contributed by atoms with Crippen molar-refractivity contribution in [2.75, 3.05) is 37.8 Å². The molecule has 88 valence electrons. The number of nitrogen functional groups attached to an aromatic ring is 1. The topological polar surface area (TPSA) is 58.3 Å². The number of likely N-dealkylation sites (tertiary alicyclic amines) is 1. The van der Waals surface area contributed by atoms with E-state index in [1.54, 1.807) is 12.5 Å². The SMILES string of the molecule is CN1CCC(N(C)c2ncncc2N)CC1. The van der Waals surface area contributed by atoms with E-state index in [9.17, 15) is 0 Å². The second-order valence-electron chi connectivity index (χ2n) is 4.45. The lowest BCUT2D eigenvalue weighted by Gasteiger charge is -2.35. The van der Waals surface area contributed by atoms with Gasteiger partial charge in [0.25, 0.3) is 0 Å². The van der Waals surface area contributed by atoms with Crippen LogP contribution in [-0.2, 0) is 0 Å². The molecule has 1 aromatic rings. The minimum Gasteiger partial charge on any atom is -0.394 e. The van der Waals surface area contributed by atoms with Gasteiger partial charge in [0.15, 0.2) is 5.82 Å². The molecular weight excluding hydrogens is 202 g/mol. The highest BCUT2D eigenvalue weighted by atomic mass is 15.2. The molecule has 2 N–H and O–H groups in total. The van der Waals surface area contributed by atoms with Gasteiger partial charge in [0.05, 0.1) is 11.9 Å². The number of nitrogens with two attached hydrogens (primary N) is 1. The standard InChI is InChI=1S/C11H19N5/c1-15-5-3-9(4-6-15)16(2)11-10(12)7-13-8-14-11/h7-9H,3-6,12H2,1-2H3. The molecule has 0 unspecified atom stereocenters. The van der Waals surface area contributed by atoms with E-state index < -0.39 is 0 Å². The molecule has 5 nitrogen and oxygen atoms in total. The van der Waals surface area contributed by atoms with Gasteiger partial charge in [0, 0.05) is 13.1 Å². The minimum atomic E-state index is 0.536. The molecule has 16 heavy (non-hydrogen) atoms. The van der Waals surface area contributed by atoms with Gasteiger partial charge in [-0.1, -0.05) is 0 Å². The number of nitrogens with zero attached hydrogens (tertiary/aromatic N) is 4. The van der Waals surface area contributed by atoms with E-state index in [2.05, 4.69) is 33.9 Å². The van der Waals surface area contributed by atoms with E-state index in [0.29, 0.717) is 11.7 Å². The molecule has 1 aliphatic rings. The van der Waals surface area contributed by atoms with Crippen molar-refractivity contribution in [2.24, 2.45) is 0 Å². The third-order valence-corrected chi connectivity index (χ3v) is 3.29. The third-order valence-electron chi connectivity index (χ3n) is 3.29. The zero-order chi connectivity index (χ0) is 11.5. The van der Waals surface area contributed by atoms with Crippen LogP contribution in [0.15, 0.2) is 12.5 Å². The summed E-state index contributed by atoms with van der Waals surface area (Å²) in [7, 11) is 4.23. The van der Waals surface area contributed by atoms with Crippen LogP contribution in [0.1, 0.15) is 12.8 Å². The number of piperidine rings is 1. The van der Waals surface area contributed by atoms with E-state index >= 15 is 0 Å². The van der Waals surface area contributed by atoms with Gasteiger partial charge in [0.2, 0.25) is 0 Å². The molecule has 2 rings (SSSR count). The third kappa shape index (κ3) is 2.24. The van der Waals surface area contributed by atoms with Crippen LogP contribution in [0.3, 0.4) is 0 Å². The van der Waals surface area contributed by atoms with Crippen molar-refractivity contribution in [3.63, 3.8) is 0 Å². The summed E-state index contributed by atoms with van der Waals surface area (Å²) < 4.78 is 0. The highest BCUT2D eigenvalue weighted by molar-refractivity contribution is 5.60. The van der Waals surface area contributed by atoms with Crippen LogP contribution >= 0.6 is 0 Å². The number of anilines is 2. The lowest BCUT2D eigenvalue weighted by Crippen LogP contribution is -2.42. The number of aromatic nitrogens is 2. The Morgan fingerprint density at radius 1 is 1.44 bits per heavy atom. The molecule has 0 bridgehead atoms. The summed E-state index contributed by atoms with van der Waals surface area (Å²) in [5.41, 5.74) is 6.53. The Labute approximate surface area is 96.3 Å². The van der Waals surface area contributed by atoms with Crippen LogP contribution in [0.5, 0.6) is 0 Å². The molecule has 2 heterocycles. The molecule has 0 aromatic carbocycles. The summed E-state index contributed by atoms with van der Waals surface area (Å²) in [5.74, 6) is 0.851. The summed E-state index contributed by atoms with van der Waals surface area (Å²) in [4.78, 5) is 12.7.